The molecule has 5 heteroatoms. The van der Waals surface area contributed by atoms with Gasteiger partial charge in [-0.3, -0.25) is 9.59 Å². The molecule has 0 aromatic carbocycles. The molecule has 0 aromatic rings. The first-order valence-corrected chi connectivity index (χ1v) is 5.33. The van der Waals surface area contributed by atoms with E-state index in [-0.39, 0.29) is 24.7 Å². The van der Waals surface area contributed by atoms with Gasteiger partial charge in [-0.1, -0.05) is 13.8 Å². The van der Waals surface area contributed by atoms with Crippen molar-refractivity contribution >= 4 is 17.7 Å². The van der Waals surface area contributed by atoms with Crippen LogP contribution in [0, 0.1) is 5.92 Å². The second kappa shape index (κ2) is 6.98. The van der Waals surface area contributed by atoms with E-state index in [1.807, 2.05) is 0 Å². The standard InChI is InChI=1S/C11H19NO4/c1-5-16-11(15)10(7(2)3)12-9(14)6-8(4)13/h7,10H,5-6H2,1-4H3,(H,12,14). The van der Waals surface area contributed by atoms with E-state index in [1.54, 1.807) is 20.8 Å². The SMILES string of the molecule is CCOC(=O)C(NC(=O)CC(C)=O)C(C)C. The Morgan fingerprint density at radius 3 is 2.19 bits per heavy atom. The molecular weight excluding hydrogens is 210 g/mol. The van der Waals surface area contributed by atoms with Crippen molar-refractivity contribution in [1.82, 2.24) is 5.32 Å². The van der Waals surface area contributed by atoms with Crippen LogP contribution in [0.15, 0.2) is 0 Å². The fourth-order valence-corrected chi connectivity index (χ4v) is 1.18. The first-order chi connectivity index (χ1) is 7.38. The van der Waals surface area contributed by atoms with Gasteiger partial charge in [0.05, 0.1) is 13.0 Å². The molecule has 92 valence electrons. The number of hydrogen-bond donors (Lipinski definition) is 1. The molecule has 0 rings (SSSR count). The molecule has 0 saturated carbocycles. The minimum Gasteiger partial charge on any atom is -0.464 e. The van der Waals surface area contributed by atoms with Gasteiger partial charge in [-0.15, -0.1) is 0 Å². The van der Waals surface area contributed by atoms with Crippen LogP contribution in [0.1, 0.15) is 34.1 Å². The van der Waals surface area contributed by atoms with E-state index < -0.39 is 17.9 Å². The maximum atomic E-state index is 11.5. The Kier molecular flexibility index (Phi) is 6.37. The van der Waals surface area contributed by atoms with Crippen molar-refractivity contribution in [2.45, 2.75) is 40.2 Å². The zero-order valence-corrected chi connectivity index (χ0v) is 10.2. The van der Waals surface area contributed by atoms with Crippen molar-refractivity contribution in [3.8, 4) is 0 Å². The van der Waals surface area contributed by atoms with Crippen LogP contribution in [-0.2, 0) is 19.1 Å². The van der Waals surface area contributed by atoms with Gasteiger partial charge in [0.1, 0.15) is 11.8 Å². The molecule has 0 radical (unpaired) electrons. The number of carbonyl (C=O) groups excluding carboxylic acids is 3. The molecule has 0 bridgehead atoms. The molecule has 1 atom stereocenters. The second-order valence-corrected chi connectivity index (χ2v) is 3.92. The van der Waals surface area contributed by atoms with E-state index in [4.69, 9.17) is 4.74 Å². The minimum absolute atomic E-state index is 0.0741. The van der Waals surface area contributed by atoms with E-state index in [1.165, 1.54) is 6.92 Å². The number of esters is 1. The second-order valence-electron chi connectivity index (χ2n) is 3.92. The van der Waals surface area contributed by atoms with Crippen LogP contribution < -0.4 is 5.32 Å². The molecular formula is C11H19NO4. The summed E-state index contributed by atoms with van der Waals surface area (Å²) < 4.78 is 4.83. The van der Waals surface area contributed by atoms with Gasteiger partial charge in [0, 0.05) is 0 Å². The maximum absolute atomic E-state index is 11.5. The third-order valence-corrected chi connectivity index (χ3v) is 1.93. The summed E-state index contributed by atoms with van der Waals surface area (Å²) in [5, 5.41) is 2.50. The number of carbonyl (C=O) groups is 3. The zero-order chi connectivity index (χ0) is 12.7. The highest BCUT2D eigenvalue weighted by Gasteiger charge is 2.25. The summed E-state index contributed by atoms with van der Waals surface area (Å²) in [5.41, 5.74) is 0. The lowest BCUT2D eigenvalue weighted by Crippen LogP contribution is -2.45. The minimum atomic E-state index is -0.688. The molecule has 16 heavy (non-hydrogen) atoms. The van der Waals surface area contributed by atoms with Crippen LogP contribution in [-0.4, -0.2) is 30.3 Å². The normalized spacial score (nSPS) is 12.1. The molecule has 0 fully saturated rings. The molecule has 1 N–H and O–H groups in total. The lowest BCUT2D eigenvalue weighted by Gasteiger charge is -2.20. The van der Waals surface area contributed by atoms with E-state index in [9.17, 15) is 14.4 Å². The van der Waals surface area contributed by atoms with E-state index >= 15 is 0 Å². The van der Waals surface area contributed by atoms with Crippen LogP contribution in [0.3, 0.4) is 0 Å². The maximum Gasteiger partial charge on any atom is 0.328 e. The molecule has 1 amide bonds. The summed E-state index contributed by atoms with van der Waals surface area (Å²) in [6, 6.07) is -0.688. The van der Waals surface area contributed by atoms with Crippen molar-refractivity contribution in [2.24, 2.45) is 5.92 Å². The Bertz CT molecular complexity index is 273. The number of hydrogen-bond acceptors (Lipinski definition) is 4. The van der Waals surface area contributed by atoms with Crippen LogP contribution >= 0.6 is 0 Å². The van der Waals surface area contributed by atoms with Crippen LogP contribution in [0.4, 0.5) is 0 Å². The van der Waals surface area contributed by atoms with Crippen LogP contribution in [0.2, 0.25) is 0 Å². The largest absolute Gasteiger partial charge is 0.464 e. The number of amides is 1. The molecule has 0 aliphatic rings. The van der Waals surface area contributed by atoms with E-state index in [2.05, 4.69) is 5.32 Å². The number of ether oxygens (including phenoxy) is 1. The van der Waals surface area contributed by atoms with Gasteiger partial charge < -0.3 is 10.1 Å². The Balaban J connectivity index is 4.39. The predicted molar refractivity (Wildman–Crippen MR) is 58.7 cm³/mol. The summed E-state index contributed by atoms with van der Waals surface area (Å²) in [5.74, 6) is -1.22. The van der Waals surface area contributed by atoms with Gasteiger partial charge in [-0.2, -0.15) is 0 Å². The molecule has 0 aliphatic heterocycles. The summed E-state index contributed by atoms with van der Waals surface area (Å²) in [6.45, 7) is 6.90. The number of nitrogens with one attached hydrogen (secondary N) is 1. The monoisotopic (exact) mass is 229 g/mol. The van der Waals surface area contributed by atoms with Gasteiger partial charge in [-0.25, -0.2) is 4.79 Å². The average molecular weight is 229 g/mol. The van der Waals surface area contributed by atoms with Crippen LogP contribution in [0.5, 0.6) is 0 Å². The van der Waals surface area contributed by atoms with Crippen LogP contribution in [0.25, 0.3) is 0 Å². The predicted octanol–water partition coefficient (Wildman–Crippen LogP) is 0.669. The van der Waals surface area contributed by atoms with Gasteiger partial charge in [0.15, 0.2) is 0 Å². The summed E-state index contributed by atoms with van der Waals surface area (Å²) in [4.78, 5) is 33.5. The van der Waals surface area contributed by atoms with Gasteiger partial charge in [-0.05, 0) is 19.8 Å². The number of rotatable bonds is 6. The first-order valence-electron chi connectivity index (χ1n) is 5.33. The van der Waals surface area contributed by atoms with Gasteiger partial charge in [0.25, 0.3) is 0 Å². The van der Waals surface area contributed by atoms with Gasteiger partial charge in [0.2, 0.25) is 5.91 Å². The first kappa shape index (κ1) is 14.6. The van der Waals surface area contributed by atoms with Crippen molar-refractivity contribution < 1.29 is 19.1 Å². The third kappa shape index (κ3) is 5.48. The van der Waals surface area contributed by atoms with E-state index in [0.717, 1.165) is 0 Å². The lowest BCUT2D eigenvalue weighted by atomic mass is 10.0. The Morgan fingerprint density at radius 2 is 1.81 bits per heavy atom. The molecule has 0 saturated heterocycles. The average Bonchev–Trinajstić information content (AvgIpc) is 2.12. The van der Waals surface area contributed by atoms with E-state index in [0.29, 0.717) is 0 Å². The highest BCUT2D eigenvalue weighted by molar-refractivity contribution is 5.98. The smallest absolute Gasteiger partial charge is 0.328 e. The summed E-state index contributed by atoms with van der Waals surface area (Å²) in [6.07, 6.45) is -0.206. The Morgan fingerprint density at radius 1 is 1.25 bits per heavy atom. The number of Topliss-reactive ketones (excluding diaryl/α,β-unsaturated/α-hetero) is 1. The third-order valence-electron chi connectivity index (χ3n) is 1.93. The van der Waals surface area contributed by atoms with Gasteiger partial charge >= 0.3 is 5.97 Å². The topological polar surface area (TPSA) is 72.5 Å². The highest BCUT2D eigenvalue weighted by Crippen LogP contribution is 2.04. The summed E-state index contributed by atoms with van der Waals surface area (Å²) in [7, 11) is 0. The Labute approximate surface area is 95.5 Å². The van der Waals surface area contributed by atoms with Crippen molar-refractivity contribution in [3.63, 3.8) is 0 Å². The van der Waals surface area contributed by atoms with Crippen molar-refractivity contribution in [3.05, 3.63) is 0 Å². The van der Waals surface area contributed by atoms with Crippen molar-refractivity contribution in [1.29, 1.82) is 0 Å². The molecule has 0 heterocycles. The Hall–Kier alpha value is -1.39. The molecule has 0 aliphatic carbocycles. The molecule has 0 aromatic heterocycles. The fourth-order valence-electron chi connectivity index (χ4n) is 1.18. The fraction of sp³-hybridized carbons (Fsp3) is 0.727. The molecule has 5 nitrogen and oxygen atoms in total. The quantitative estimate of drug-likeness (QED) is 0.536. The summed E-state index contributed by atoms with van der Waals surface area (Å²) >= 11 is 0. The van der Waals surface area contributed by atoms with Crippen molar-refractivity contribution in [2.75, 3.05) is 6.61 Å². The lowest BCUT2D eigenvalue weighted by molar-refractivity contribution is -0.149. The highest BCUT2D eigenvalue weighted by atomic mass is 16.5. The molecule has 0 spiro atoms. The number of ketones is 1. The molecule has 1 unspecified atom stereocenters. The zero-order valence-electron chi connectivity index (χ0n) is 10.2.